The maximum absolute atomic E-state index is 12.9. The number of rotatable bonds is 1. The van der Waals surface area contributed by atoms with E-state index < -0.39 is 0 Å². The second-order valence-electron chi connectivity index (χ2n) is 3.26. The highest BCUT2D eigenvalue weighted by molar-refractivity contribution is 5.46. The van der Waals surface area contributed by atoms with Crippen LogP contribution < -0.4 is 5.73 Å². The Morgan fingerprint density at radius 1 is 1.29 bits per heavy atom. The van der Waals surface area contributed by atoms with Crippen molar-refractivity contribution in [3.05, 3.63) is 34.6 Å². The molecule has 0 atom stereocenters. The Bertz CT molecular complexity index is 362. The van der Waals surface area contributed by atoms with Gasteiger partial charge in [0.25, 0.3) is 0 Å². The lowest BCUT2D eigenvalue weighted by Crippen LogP contribution is -1.96. The van der Waals surface area contributed by atoms with Crippen LogP contribution in [-0.4, -0.2) is 6.54 Å². The SMILES string of the molecule is Cc1cc(F)cc(C)c1C#CCCN. The van der Waals surface area contributed by atoms with E-state index in [2.05, 4.69) is 11.8 Å². The van der Waals surface area contributed by atoms with Crippen LogP contribution >= 0.6 is 0 Å². The van der Waals surface area contributed by atoms with Crippen molar-refractivity contribution in [2.45, 2.75) is 20.3 Å². The van der Waals surface area contributed by atoms with E-state index in [1.165, 1.54) is 12.1 Å². The zero-order chi connectivity index (χ0) is 10.6. The zero-order valence-electron chi connectivity index (χ0n) is 8.52. The predicted octanol–water partition coefficient (Wildman–Crippen LogP) is 2.14. The minimum absolute atomic E-state index is 0.204. The fourth-order valence-electron chi connectivity index (χ4n) is 1.33. The van der Waals surface area contributed by atoms with E-state index in [1.54, 1.807) is 0 Å². The number of benzene rings is 1. The molecule has 2 N–H and O–H groups in total. The maximum atomic E-state index is 12.9. The summed E-state index contributed by atoms with van der Waals surface area (Å²) in [5.74, 6) is 5.76. The average Bonchev–Trinajstić information content (AvgIpc) is 2.09. The third-order valence-corrected chi connectivity index (χ3v) is 1.98. The van der Waals surface area contributed by atoms with Gasteiger partial charge >= 0.3 is 0 Å². The molecule has 0 aliphatic rings. The van der Waals surface area contributed by atoms with Crippen molar-refractivity contribution in [3.63, 3.8) is 0 Å². The van der Waals surface area contributed by atoms with Gasteiger partial charge in [0.1, 0.15) is 5.82 Å². The maximum Gasteiger partial charge on any atom is 0.123 e. The summed E-state index contributed by atoms with van der Waals surface area (Å²) in [6, 6.07) is 3.00. The molecule has 0 saturated carbocycles. The van der Waals surface area contributed by atoms with E-state index in [9.17, 15) is 4.39 Å². The van der Waals surface area contributed by atoms with E-state index in [1.807, 2.05) is 13.8 Å². The molecule has 0 saturated heterocycles. The normalized spacial score (nSPS) is 9.43. The van der Waals surface area contributed by atoms with Crippen molar-refractivity contribution in [2.24, 2.45) is 5.73 Å². The average molecular weight is 191 g/mol. The Labute approximate surface area is 84.1 Å². The monoisotopic (exact) mass is 191 g/mol. The molecule has 0 unspecified atom stereocenters. The molecule has 74 valence electrons. The molecule has 0 heterocycles. The van der Waals surface area contributed by atoms with E-state index in [-0.39, 0.29) is 5.82 Å². The molecule has 0 aliphatic carbocycles. The molecule has 0 amide bonds. The molecule has 0 aromatic heterocycles. The van der Waals surface area contributed by atoms with Crippen LogP contribution in [0.25, 0.3) is 0 Å². The van der Waals surface area contributed by atoms with Crippen molar-refractivity contribution in [2.75, 3.05) is 6.54 Å². The molecule has 0 aliphatic heterocycles. The second-order valence-corrected chi connectivity index (χ2v) is 3.26. The van der Waals surface area contributed by atoms with Gasteiger partial charge in [0.15, 0.2) is 0 Å². The highest BCUT2D eigenvalue weighted by Gasteiger charge is 2.01. The van der Waals surface area contributed by atoms with Crippen molar-refractivity contribution in [1.82, 2.24) is 0 Å². The predicted molar refractivity (Wildman–Crippen MR) is 56.4 cm³/mol. The molecule has 1 rings (SSSR count). The third-order valence-electron chi connectivity index (χ3n) is 1.98. The molecular formula is C12H14FN. The first-order valence-corrected chi connectivity index (χ1v) is 4.61. The van der Waals surface area contributed by atoms with Gasteiger partial charge in [0.05, 0.1) is 0 Å². The van der Waals surface area contributed by atoms with E-state index in [0.29, 0.717) is 13.0 Å². The number of nitrogens with two attached hydrogens (primary N) is 1. The van der Waals surface area contributed by atoms with Crippen molar-refractivity contribution >= 4 is 0 Å². The molecule has 2 heteroatoms. The van der Waals surface area contributed by atoms with E-state index in [0.717, 1.165) is 16.7 Å². The topological polar surface area (TPSA) is 26.0 Å². The minimum atomic E-state index is -0.204. The van der Waals surface area contributed by atoms with Gasteiger partial charge < -0.3 is 5.73 Å². The van der Waals surface area contributed by atoms with Crippen molar-refractivity contribution in [3.8, 4) is 11.8 Å². The van der Waals surface area contributed by atoms with Crippen LogP contribution in [0.15, 0.2) is 12.1 Å². The second kappa shape index (κ2) is 4.78. The smallest absolute Gasteiger partial charge is 0.123 e. The summed E-state index contributed by atoms with van der Waals surface area (Å²) in [5, 5.41) is 0. The fourth-order valence-corrected chi connectivity index (χ4v) is 1.33. The summed E-state index contributed by atoms with van der Waals surface area (Å²) >= 11 is 0. The quantitative estimate of drug-likeness (QED) is 0.676. The molecule has 1 nitrogen and oxygen atoms in total. The van der Waals surface area contributed by atoms with Crippen LogP contribution in [-0.2, 0) is 0 Å². The minimum Gasteiger partial charge on any atom is -0.330 e. The lowest BCUT2D eigenvalue weighted by Gasteiger charge is -2.02. The molecule has 1 aromatic carbocycles. The fraction of sp³-hybridized carbons (Fsp3) is 0.333. The van der Waals surface area contributed by atoms with E-state index in [4.69, 9.17) is 5.73 Å². The Hall–Kier alpha value is -1.33. The number of halogens is 1. The molecule has 1 aromatic rings. The van der Waals surface area contributed by atoms with Gasteiger partial charge in [0.2, 0.25) is 0 Å². The highest BCUT2D eigenvalue weighted by atomic mass is 19.1. The molecule has 0 spiro atoms. The largest absolute Gasteiger partial charge is 0.330 e. The summed E-state index contributed by atoms with van der Waals surface area (Å²) in [4.78, 5) is 0. The van der Waals surface area contributed by atoms with Gasteiger partial charge in [-0.3, -0.25) is 0 Å². The van der Waals surface area contributed by atoms with Gasteiger partial charge in [-0.25, -0.2) is 4.39 Å². The molecule has 0 fully saturated rings. The van der Waals surface area contributed by atoms with Gasteiger partial charge in [-0.15, -0.1) is 0 Å². The van der Waals surface area contributed by atoms with Gasteiger partial charge in [-0.2, -0.15) is 0 Å². The lowest BCUT2D eigenvalue weighted by molar-refractivity contribution is 0.625. The molecular weight excluding hydrogens is 177 g/mol. The van der Waals surface area contributed by atoms with Gasteiger partial charge in [-0.1, -0.05) is 11.8 Å². The van der Waals surface area contributed by atoms with E-state index >= 15 is 0 Å². The number of hydrogen-bond acceptors (Lipinski definition) is 1. The summed E-state index contributed by atoms with van der Waals surface area (Å²) in [5.41, 5.74) is 8.01. The Morgan fingerprint density at radius 2 is 1.86 bits per heavy atom. The van der Waals surface area contributed by atoms with Crippen LogP contribution in [0.1, 0.15) is 23.1 Å². The molecule has 0 radical (unpaired) electrons. The standard InChI is InChI=1S/C12H14FN/c1-9-7-11(13)8-10(2)12(9)5-3-4-6-14/h7-8H,4,6,14H2,1-2H3. The first-order valence-electron chi connectivity index (χ1n) is 4.61. The Balaban J connectivity index is 3.04. The van der Waals surface area contributed by atoms with Gasteiger partial charge in [-0.05, 0) is 37.1 Å². The van der Waals surface area contributed by atoms with Crippen molar-refractivity contribution < 1.29 is 4.39 Å². The van der Waals surface area contributed by atoms with Crippen LogP contribution in [0.4, 0.5) is 4.39 Å². The first-order chi connectivity index (χ1) is 6.65. The summed E-state index contributed by atoms with van der Waals surface area (Å²) in [7, 11) is 0. The lowest BCUT2D eigenvalue weighted by atomic mass is 10.0. The van der Waals surface area contributed by atoms with Crippen molar-refractivity contribution in [1.29, 1.82) is 0 Å². The first kappa shape index (κ1) is 10.7. The van der Waals surface area contributed by atoms with Gasteiger partial charge in [0, 0.05) is 18.5 Å². The van der Waals surface area contributed by atoms with Crippen LogP contribution in [0, 0.1) is 31.5 Å². The number of aryl methyl sites for hydroxylation is 2. The molecule has 0 bridgehead atoms. The number of hydrogen-bond donors (Lipinski definition) is 1. The summed E-state index contributed by atoms with van der Waals surface area (Å²) in [6.45, 7) is 4.29. The molecule has 14 heavy (non-hydrogen) atoms. The summed E-state index contributed by atoms with van der Waals surface area (Å²) in [6.07, 6.45) is 0.677. The van der Waals surface area contributed by atoms with Crippen LogP contribution in [0.2, 0.25) is 0 Å². The highest BCUT2D eigenvalue weighted by Crippen LogP contribution is 2.14. The Morgan fingerprint density at radius 3 is 2.36 bits per heavy atom. The zero-order valence-corrected chi connectivity index (χ0v) is 8.52. The van der Waals surface area contributed by atoms with Crippen LogP contribution in [0.5, 0.6) is 0 Å². The van der Waals surface area contributed by atoms with Crippen LogP contribution in [0.3, 0.4) is 0 Å². The summed E-state index contributed by atoms with van der Waals surface area (Å²) < 4.78 is 12.9. The third kappa shape index (κ3) is 2.58. The Kier molecular flexibility index (Phi) is 3.67.